The quantitative estimate of drug-likeness (QED) is 0.753. The van der Waals surface area contributed by atoms with Crippen LogP contribution in [0.15, 0.2) is 18.2 Å². The van der Waals surface area contributed by atoms with Crippen molar-refractivity contribution in [1.29, 1.82) is 0 Å². The maximum absolute atomic E-state index is 12.2. The van der Waals surface area contributed by atoms with Gasteiger partial charge in [-0.1, -0.05) is 26.7 Å². The van der Waals surface area contributed by atoms with Gasteiger partial charge in [-0.25, -0.2) is 0 Å². The van der Waals surface area contributed by atoms with Crippen molar-refractivity contribution in [2.24, 2.45) is 5.92 Å². The van der Waals surface area contributed by atoms with E-state index in [1.54, 1.807) is 18.2 Å². The molecule has 4 heteroatoms. The minimum absolute atomic E-state index is 0.112. The van der Waals surface area contributed by atoms with Crippen LogP contribution in [-0.2, 0) is 0 Å². The minimum Gasteiger partial charge on any atom is -0.496 e. The minimum atomic E-state index is -0.112. The molecule has 0 bridgehead atoms. The van der Waals surface area contributed by atoms with Crippen LogP contribution in [0.5, 0.6) is 5.75 Å². The van der Waals surface area contributed by atoms with Crippen LogP contribution in [0.3, 0.4) is 0 Å². The molecule has 1 atom stereocenters. The van der Waals surface area contributed by atoms with Crippen LogP contribution in [0.2, 0.25) is 0 Å². The zero-order valence-electron chi connectivity index (χ0n) is 12.9. The standard InChI is InChI=1S/C16H26N2O2/c1-11(2)6-5-7-12(3)18-16(19)14-9-8-13(17)10-15(14)20-4/h8-12H,5-7,17H2,1-4H3,(H,18,19). The highest BCUT2D eigenvalue weighted by molar-refractivity contribution is 5.97. The van der Waals surface area contributed by atoms with E-state index in [0.29, 0.717) is 22.9 Å². The first-order valence-corrected chi connectivity index (χ1v) is 7.18. The predicted octanol–water partition coefficient (Wildman–Crippen LogP) is 3.22. The normalized spacial score (nSPS) is 12.2. The lowest BCUT2D eigenvalue weighted by molar-refractivity contribution is 0.0935. The molecule has 1 aromatic rings. The van der Waals surface area contributed by atoms with Crippen LogP contribution < -0.4 is 15.8 Å². The van der Waals surface area contributed by atoms with Crippen molar-refractivity contribution in [3.8, 4) is 5.75 Å². The molecule has 112 valence electrons. The second kappa shape index (κ2) is 7.78. The van der Waals surface area contributed by atoms with Crippen LogP contribution in [-0.4, -0.2) is 19.1 Å². The number of hydrogen-bond acceptors (Lipinski definition) is 3. The van der Waals surface area contributed by atoms with E-state index >= 15 is 0 Å². The molecule has 0 heterocycles. The molecule has 0 aliphatic heterocycles. The Kier molecular flexibility index (Phi) is 6.36. The molecule has 1 unspecified atom stereocenters. The first kappa shape index (κ1) is 16.3. The van der Waals surface area contributed by atoms with Gasteiger partial charge >= 0.3 is 0 Å². The lowest BCUT2D eigenvalue weighted by atomic mass is 10.0. The second-order valence-electron chi connectivity index (χ2n) is 5.66. The molecule has 0 radical (unpaired) electrons. The number of carbonyl (C=O) groups excluding carboxylic acids is 1. The highest BCUT2D eigenvalue weighted by Gasteiger charge is 2.14. The topological polar surface area (TPSA) is 64.3 Å². The monoisotopic (exact) mass is 278 g/mol. The maximum atomic E-state index is 12.2. The molecule has 0 saturated heterocycles. The maximum Gasteiger partial charge on any atom is 0.255 e. The van der Waals surface area contributed by atoms with Crippen molar-refractivity contribution in [3.05, 3.63) is 23.8 Å². The van der Waals surface area contributed by atoms with Gasteiger partial charge in [-0.05, 0) is 31.4 Å². The number of nitrogens with two attached hydrogens (primary N) is 1. The van der Waals surface area contributed by atoms with Gasteiger partial charge in [0.05, 0.1) is 12.7 Å². The van der Waals surface area contributed by atoms with Crippen LogP contribution in [0.4, 0.5) is 5.69 Å². The van der Waals surface area contributed by atoms with Gasteiger partial charge in [0.1, 0.15) is 5.75 Å². The zero-order chi connectivity index (χ0) is 15.1. The summed E-state index contributed by atoms with van der Waals surface area (Å²) in [7, 11) is 1.54. The summed E-state index contributed by atoms with van der Waals surface area (Å²) < 4.78 is 5.20. The van der Waals surface area contributed by atoms with E-state index in [4.69, 9.17) is 10.5 Å². The van der Waals surface area contributed by atoms with Crippen LogP contribution in [0.25, 0.3) is 0 Å². The molecule has 1 rings (SSSR count). The predicted molar refractivity (Wildman–Crippen MR) is 83.0 cm³/mol. The third kappa shape index (κ3) is 5.11. The number of hydrogen-bond donors (Lipinski definition) is 2. The summed E-state index contributed by atoms with van der Waals surface area (Å²) in [6.45, 7) is 6.45. The average Bonchev–Trinajstić information content (AvgIpc) is 2.37. The smallest absolute Gasteiger partial charge is 0.255 e. The SMILES string of the molecule is COc1cc(N)ccc1C(=O)NC(C)CCCC(C)C. The van der Waals surface area contributed by atoms with E-state index in [0.717, 1.165) is 12.8 Å². The van der Waals surface area contributed by atoms with Crippen molar-refractivity contribution in [2.45, 2.75) is 46.1 Å². The van der Waals surface area contributed by atoms with Crippen molar-refractivity contribution in [2.75, 3.05) is 12.8 Å². The third-order valence-corrected chi connectivity index (χ3v) is 3.27. The molecule has 1 amide bonds. The number of methoxy groups -OCH3 is 1. The van der Waals surface area contributed by atoms with E-state index in [1.165, 1.54) is 13.5 Å². The van der Waals surface area contributed by atoms with Crippen molar-refractivity contribution in [3.63, 3.8) is 0 Å². The van der Waals surface area contributed by atoms with Gasteiger partial charge < -0.3 is 15.8 Å². The number of nitrogens with one attached hydrogen (secondary N) is 1. The molecule has 4 nitrogen and oxygen atoms in total. The molecule has 0 spiro atoms. The lowest BCUT2D eigenvalue weighted by Crippen LogP contribution is -2.32. The molecule has 0 aliphatic rings. The Morgan fingerprint density at radius 3 is 2.60 bits per heavy atom. The lowest BCUT2D eigenvalue weighted by Gasteiger charge is -2.16. The Labute approximate surface area is 121 Å². The fraction of sp³-hybridized carbons (Fsp3) is 0.562. The van der Waals surface area contributed by atoms with E-state index in [9.17, 15) is 4.79 Å². The summed E-state index contributed by atoms with van der Waals surface area (Å²) >= 11 is 0. The Balaban J connectivity index is 2.58. The summed E-state index contributed by atoms with van der Waals surface area (Å²) in [5.74, 6) is 1.10. The van der Waals surface area contributed by atoms with Crippen LogP contribution in [0, 0.1) is 5.92 Å². The Hall–Kier alpha value is -1.71. The summed E-state index contributed by atoms with van der Waals surface area (Å²) in [6, 6.07) is 5.23. The fourth-order valence-corrected chi connectivity index (χ4v) is 2.10. The van der Waals surface area contributed by atoms with Gasteiger partial charge in [0.15, 0.2) is 0 Å². The molecular weight excluding hydrogens is 252 g/mol. The van der Waals surface area contributed by atoms with E-state index in [1.807, 2.05) is 6.92 Å². The van der Waals surface area contributed by atoms with Crippen LogP contribution >= 0.6 is 0 Å². The van der Waals surface area contributed by atoms with Crippen molar-refractivity contribution < 1.29 is 9.53 Å². The average molecular weight is 278 g/mol. The molecule has 1 aromatic carbocycles. The highest BCUT2D eigenvalue weighted by atomic mass is 16.5. The van der Waals surface area contributed by atoms with E-state index < -0.39 is 0 Å². The van der Waals surface area contributed by atoms with E-state index in [2.05, 4.69) is 19.2 Å². The van der Waals surface area contributed by atoms with Crippen molar-refractivity contribution in [1.82, 2.24) is 5.32 Å². The number of benzene rings is 1. The van der Waals surface area contributed by atoms with Crippen molar-refractivity contribution >= 4 is 11.6 Å². The molecule has 3 N–H and O–H groups in total. The number of anilines is 1. The molecule has 20 heavy (non-hydrogen) atoms. The second-order valence-corrected chi connectivity index (χ2v) is 5.66. The van der Waals surface area contributed by atoms with Gasteiger partial charge in [-0.3, -0.25) is 4.79 Å². The van der Waals surface area contributed by atoms with E-state index in [-0.39, 0.29) is 11.9 Å². The Morgan fingerprint density at radius 2 is 2.00 bits per heavy atom. The molecule has 0 aliphatic carbocycles. The summed E-state index contributed by atoms with van der Waals surface area (Å²) in [4.78, 5) is 12.2. The van der Waals surface area contributed by atoms with Gasteiger partial charge in [-0.2, -0.15) is 0 Å². The molecular formula is C16H26N2O2. The van der Waals surface area contributed by atoms with Crippen LogP contribution in [0.1, 0.15) is 50.4 Å². The summed E-state index contributed by atoms with van der Waals surface area (Å²) in [6.07, 6.45) is 3.30. The number of rotatable bonds is 7. The molecule has 0 saturated carbocycles. The number of carbonyl (C=O) groups is 1. The number of ether oxygens (including phenoxy) is 1. The van der Waals surface area contributed by atoms with Gasteiger partial charge in [0.25, 0.3) is 5.91 Å². The summed E-state index contributed by atoms with van der Waals surface area (Å²) in [5.41, 5.74) is 6.80. The summed E-state index contributed by atoms with van der Waals surface area (Å²) in [5, 5.41) is 3.00. The number of amides is 1. The van der Waals surface area contributed by atoms with Gasteiger partial charge in [0, 0.05) is 17.8 Å². The highest BCUT2D eigenvalue weighted by Crippen LogP contribution is 2.21. The zero-order valence-corrected chi connectivity index (χ0v) is 12.9. The Morgan fingerprint density at radius 1 is 1.30 bits per heavy atom. The van der Waals surface area contributed by atoms with Gasteiger partial charge in [0.2, 0.25) is 0 Å². The largest absolute Gasteiger partial charge is 0.496 e. The fourth-order valence-electron chi connectivity index (χ4n) is 2.10. The number of nitrogen functional groups attached to an aromatic ring is 1. The Bertz CT molecular complexity index is 444. The van der Waals surface area contributed by atoms with Gasteiger partial charge in [-0.15, -0.1) is 0 Å². The molecule has 0 aromatic heterocycles. The molecule has 0 fully saturated rings. The first-order valence-electron chi connectivity index (χ1n) is 7.18. The first-order chi connectivity index (χ1) is 9.43. The third-order valence-electron chi connectivity index (χ3n) is 3.27.